The predicted molar refractivity (Wildman–Crippen MR) is 76.1 cm³/mol. The molecule has 21 heavy (non-hydrogen) atoms. The number of carbonyl (C=O) groups is 1. The Bertz CT molecular complexity index is 524. The average Bonchev–Trinajstić information content (AvgIpc) is 3.25. The predicted octanol–water partition coefficient (Wildman–Crippen LogP) is 2.58. The zero-order valence-corrected chi connectivity index (χ0v) is 12.3. The van der Waals surface area contributed by atoms with Crippen molar-refractivity contribution in [2.24, 2.45) is 5.41 Å². The normalized spacial score (nSPS) is 25.2. The molecule has 0 aromatic carbocycles. The van der Waals surface area contributed by atoms with E-state index in [4.69, 9.17) is 9.26 Å². The smallest absolute Gasteiger partial charge is 0.276 e. The van der Waals surface area contributed by atoms with Gasteiger partial charge in [0.15, 0.2) is 5.69 Å². The number of aromatic nitrogens is 1. The van der Waals surface area contributed by atoms with Crippen LogP contribution in [0.4, 0.5) is 0 Å². The first-order valence-corrected chi connectivity index (χ1v) is 8.09. The van der Waals surface area contributed by atoms with Crippen molar-refractivity contribution < 1.29 is 14.1 Å². The highest BCUT2D eigenvalue weighted by Gasteiger charge is 2.39. The van der Waals surface area contributed by atoms with Crippen LogP contribution in [0.2, 0.25) is 0 Å². The van der Waals surface area contributed by atoms with Crippen LogP contribution in [-0.4, -0.2) is 42.3 Å². The summed E-state index contributed by atoms with van der Waals surface area (Å²) in [4.78, 5) is 14.6. The molecule has 2 saturated heterocycles. The molecule has 2 aliphatic heterocycles. The van der Waals surface area contributed by atoms with Gasteiger partial charge in [0.2, 0.25) is 0 Å². The van der Waals surface area contributed by atoms with Gasteiger partial charge in [-0.25, -0.2) is 0 Å². The molecule has 1 aromatic heterocycles. The number of hydrogen-bond acceptors (Lipinski definition) is 4. The monoisotopic (exact) mass is 290 g/mol. The first-order chi connectivity index (χ1) is 10.3. The van der Waals surface area contributed by atoms with Crippen LogP contribution in [0.15, 0.2) is 10.6 Å². The maximum absolute atomic E-state index is 12.7. The van der Waals surface area contributed by atoms with E-state index < -0.39 is 0 Å². The zero-order valence-electron chi connectivity index (χ0n) is 12.3. The van der Waals surface area contributed by atoms with E-state index in [2.05, 4.69) is 5.16 Å². The highest BCUT2D eigenvalue weighted by Crippen LogP contribution is 2.41. The zero-order chi connectivity index (χ0) is 14.3. The highest BCUT2D eigenvalue weighted by molar-refractivity contribution is 5.92. The maximum atomic E-state index is 12.7. The third-order valence-electron chi connectivity index (χ3n) is 5.23. The molecule has 3 heterocycles. The van der Waals surface area contributed by atoms with Gasteiger partial charge >= 0.3 is 0 Å². The minimum Gasteiger partial charge on any atom is -0.381 e. The van der Waals surface area contributed by atoms with Gasteiger partial charge < -0.3 is 14.2 Å². The van der Waals surface area contributed by atoms with Gasteiger partial charge in [-0.2, -0.15) is 0 Å². The molecule has 0 N–H and O–H groups in total. The van der Waals surface area contributed by atoms with Gasteiger partial charge in [-0.05, 0) is 43.9 Å². The van der Waals surface area contributed by atoms with Crippen LogP contribution in [0.3, 0.4) is 0 Å². The van der Waals surface area contributed by atoms with Crippen molar-refractivity contribution in [1.82, 2.24) is 10.1 Å². The Balaban J connectivity index is 1.47. The van der Waals surface area contributed by atoms with Crippen molar-refractivity contribution >= 4 is 5.91 Å². The van der Waals surface area contributed by atoms with Gasteiger partial charge in [-0.3, -0.25) is 4.79 Å². The Labute approximate surface area is 124 Å². The van der Waals surface area contributed by atoms with E-state index in [1.807, 2.05) is 11.0 Å². The third-order valence-corrected chi connectivity index (χ3v) is 5.23. The van der Waals surface area contributed by atoms with E-state index in [0.717, 1.165) is 64.2 Å². The molecule has 0 atom stereocenters. The molecule has 1 aliphatic carbocycles. The Morgan fingerprint density at radius 2 is 2.10 bits per heavy atom. The summed E-state index contributed by atoms with van der Waals surface area (Å²) in [5.74, 6) is 1.43. The summed E-state index contributed by atoms with van der Waals surface area (Å²) in [6.45, 7) is 3.35. The van der Waals surface area contributed by atoms with Gasteiger partial charge in [0.25, 0.3) is 5.91 Å². The maximum Gasteiger partial charge on any atom is 0.276 e. The molecule has 0 bridgehead atoms. The lowest BCUT2D eigenvalue weighted by Crippen LogP contribution is -2.48. The van der Waals surface area contributed by atoms with Crippen molar-refractivity contribution in [1.29, 1.82) is 0 Å². The molecule has 1 saturated carbocycles. The van der Waals surface area contributed by atoms with Crippen molar-refractivity contribution in [3.63, 3.8) is 0 Å². The summed E-state index contributed by atoms with van der Waals surface area (Å²) < 4.78 is 10.8. The van der Waals surface area contributed by atoms with Crippen LogP contribution in [0.5, 0.6) is 0 Å². The molecule has 1 spiro atoms. The van der Waals surface area contributed by atoms with Crippen LogP contribution < -0.4 is 0 Å². The molecule has 114 valence electrons. The van der Waals surface area contributed by atoms with Crippen LogP contribution >= 0.6 is 0 Å². The Kier molecular flexibility index (Phi) is 3.25. The fourth-order valence-electron chi connectivity index (χ4n) is 3.71. The van der Waals surface area contributed by atoms with Crippen LogP contribution in [-0.2, 0) is 4.74 Å². The molecule has 3 aliphatic rings. The molecule has 3 fully saturated rings. The SMILES string of the molecule is O=C(c1cc(C2CC2)on1)N1CCCC2(CCOCC2)C1. The number of amides is 1. The third kappa shape index (κ3) is 2.59. The first kappa shape index (κ1) is 13.3. The molecule has 1 aromatic rings. The van der Waals surface area contributed by atoms with Crippen LogP contribution in [0.1, 0.15) is 60.7 Å². The van der Waals surface area contributed by atoms with E-state index >= 15 is 0 Å². The average molecular weight is 290 g/mol. The summed E-state index contributed by atoms with van der Waals surface area (Å²) in [5, 5.41) is 4.00. The lowest BCUT2D eigenvalue weighted by atomic mass is 9.74. The number of likely N-dealkylation sites (tertiary alicyclic amines) is 1. The number of rotatable bonds is 2. The minimum atomic E-state index is 0.0382. The Morgan fingerprint density at radius 3 is 2.86 bits per heavy atom. The first-order valence-electron chi connectivity index (χ1n) is 8.09. The van der Waals surface area contributed by atoms with Gasteiger partial charge in [0.1, 0.15) is 5.76 Å². The van der Waals surface area contributed by atoms with Crippen LogP contribution in [0.25, 0.3) is 0 Å². The number of hydrogen-bond donors (Lipinski definition) is 0. The molecular weight excluding hydrogens is 268 g/mol. The summed E-state index contributed by atoms with van der Waals surface area (Å²) in [6.07, 6.45) is 6.77. The van der Waals surface area contributed by atoms with Gasteiger partial charge in [-0.15, -0.1) is 0 Å². The number of ether oxygens (including phenoxy) is 1. The van der Waals surface area contributed by atoms with Gasteiger partial charge in [0, 0.05) is 38.3 Å². The van der Waals surface area contributed by atoms with E-state index in [1.54, 1.807) is 0 Å². The van der Waals surface area contributed by atoms with Gasteiger partial charge in [0.05, 0.1) is 0 Å². The van der Waals surface area contributed by atoms with E-state index in [1.165, 1.54) is 6.42 Å². The summed E-state index contributed by atoms with van der Waals surface area (Å²) in [5.41, 5.74) is 0.760. The molecule has 1 amide bonds. The fraction of sp³-hybridized carbons (Fsp3) is 0.750. The summed E-state index contributed by atoms with van der Waals surface area (Å²) in [7, 11) is 0. The van der Waals surface area contributed by atoms with Crippen molar-refractivity contribution in [2.45, 2.75) is 44.4 Å². The molecule has 5 heteroatoms. The lowest BCUT2D eigenvalue weighted by Gasteiger charge is -2.44. The van der Waals surface area contributed by atoms with Crippen molar-refractivity contribution in [3.05, 3.63) is 17.5 Å². The van der Waals surface area contributed by atoms with E-state index in [0.29, 0.717) is 11.6 Å². The number of nitrogens with zero attached hydrogens (tertiary/aromatic N) is 2. The second kappa shape index (κ2) is 5.13. The topological polar surface area (TPSA) is 55.6 Å². The van der Waals surface area contributed by atoms with E-state index in [-0.39, 0.29) is 11.3 Å². The largest absolute Gasteiger partial charge is 0.381 e. The molecule has 4 rings (SSSR count). The van der Waals surface area contributed by atoms with Crippen molar-refractivity contribution in [2.75, 3.05) is 26.3 Å². The number of piperidine rings is 1. The minimum absolute atomic E-state index is 0.0382. The molecule has 0 unspecified atom stereocenters. The number of carbonyl (C=O) groups excluding carboxylic acids is 1. The Morgan fingerprint density at radius 1 is 1.29 bits per heavy atom. The molecule has 5 nitrogen and oxygen atoms in total. The standard InChI is InChI=1S/C16H22N2O3/c19-15(13-10-14(21-17-13)12-2-3-12)18-7-1-4-16(11-18)5-8-20-9-6-16/h10,12H,1-9,11H2. The van der Waals surface area contributed by atoms with Crippen LogP contribution in [0, 0.1) is 5.41 Å². The molecular formula is C16H22N2O3. The molecule has 0 radical (unpaired) electrons. The lowest BCUT2D eigenvalue weighted by molar-refractivity contribution is -0.0231. The Hall–Kier alpha value is -1.36. The van der Waals surface area contributed by atoms with Gasteiger partial charge in [-0.1, -0.05) is 5.16 Å². The second-order valence-electron chi connectivity index (χ2n) is 6.83. The quantitative estimate of drug-likeness (QED) is 0.840. The van der Waals surface area contributed by atoms with E-state index in [9.17, 15) is 4.79 Å². The van der Waals surface area contributed by atoms with Crippen molar-refractivity contribution in [3.8, 4) is 0 Å². The summed E-state index contributed by atoms with van der Waals surface area (Å²) in [6, 6.07) is 1.85. The fourth-order valence-corrected chi connectivity index (χ4v) is 3.71. The highest BCUT2D eigenvalue weighted by atomic mass is 16.5. The second-order valence-corrected chi connectivity index (χ2v) is 6.83. The summed E-state index contributed by atoms with van der Waals surface area (Å²) >= 11 is 0.